The number of hydrogen-bond donors (Lipinski definition) is 2. The van der Waals surface area contributed by atoms with Crippen LogP contribution in [0.25, 0.3) is 16.3 Å². The Bertz CT molecular complexity index is 1090. The lowest BCUT2D eigenvalue weighted by Crippen LogP contribution is -2.39. The second-order valence-corrected chi connectivity index (χ2v) is 8.31. The third-order valence-corrected chi connectivity index (χ3v) is 6.40. The van der Waals surface area contributed by atoms with E-state index in [-0.39, 0.29) is 5.56 Å². The van der Waals surface area contributed by atoms with E-state index in [1.807, 2.05) is 24.3 Å². The number of benzene rings is 1. The molecule has 4 rings (SSSR count). The molecule has 0 fully saturated rings. The number of aryl methyl sites for hydroxylation is 2. The van der Waals surface area contributed by atoms with E-state index in [9.17, 15) is 9.59 Å². The quantitative estimate of drug-likeness (QED) is 0.375. The number of hydrazine groups is 1. The molecule has 152 valence electrons. The Balaban J connectivity index is 0.000000224. The van der Waals surface area contributed by atoms with E-state index in [0.717, 1.165) is 40.2 Å². The predicted molar refractivity (Wildman–Crippen MR) is 119 cm³/mol. The highest BCUT2D eigenvalue weighted by Gasteiger charge is 2.22. The van der Waals surface area contributed by atoms with Crippen LogP contribution in [0.2, 0.25) is 5.02 Å². The molecule has 1 atom stereocenters. The lowest BCUT2D eigenvalue weighted by Gasteiger charge is -2.13. The summed E-state index contributed by atoms with van der Waals surface area (Å²) in [6, 6.07) is 6.88. The van der Waals surface area contributed by atoms with Crippen LogP contribution in [0.15, 0.2) is 42.0 Å². The Kier molecular flexibility index (Phi) is 6.84. The topological polar surface area (TPSA) is 90.0 Å². The standard InChI is InChI=1S/C13H16N4O2S.C8H7Cl/c1-7(11(18)16-14)17-6-15-12-10(13(17)19)8-4-2-3-5-9(8)20-12;1-2-7-3-5-8(9)6-4-7/h6-7H,2-5,14H2,1H3,(H,16,18);2-6H,1H2. The summed E-state index contributed by atoms with van der Waals surface area (Å²) in [4.78, 5) is 30.6. The fourth-order valence-corrected chi connectivity index (χ4v) is 4.63. The molecule has 0 saturated heterocycles. The van der Waals surface area contributed by atoms with Crippen LogP contribution in [0.1, 0.15) is 41.8 Å². The van der Waals surface area contributed by atoms with Crippen molar-refractivity contribution < 1.29 is 4.79 Å². The molecule has 0 aliphatic heterocycles. The first-order chi connectivity index (χ1) is 14.0. The van der Waals surface area contributed by atoms with Gasteiger partial charge in [-0.2, -0.15) is 0 Å². The number of nitrogens with two attached hydrogens (primary N) is 1. The highest BCUT2D eigenvalue weighted by molar-refractivity contribution is 7.18. The first-order valence-corrected chi connectivity index (χ1v) is 10.6. The van der Waals surface area contributed by atoms with Gasteiger partial charge in [-0.1, -0.05) is 36.4 Å². The molecule has 3 aromatic rings. The number of nitrogens with one attached hydrogen (secondary N) is 1. The van der Waals surface area contributed by atoms with Gasteiger partial charge in [0.05, 0.1) is 11.7 Å². The van der Waals surface area contributed by atoms with Crippen molar-refractivity contribution in [3.8, 4) is 0 Å². The Hall–Kier alpha value is -2.48. The number of rotatable bonds is 3. The average molecular weight is 431 g/mol. The molecule has 1 amide bonds. The van der Waals surface area contributed by atoms with E-state index < -0.39 is 11.9 Å². The minimum absolute atomic E-state index is 0.148. The van der Waals surface area contributed by atoms with Gasteiger partial charge in [-0.05, 0) is 55.9 Å². The number of carbonyl (C=O) groups excluding carboxylic acids is 1. The molecular weight excluding hydrogens is 408 g/mol. The summed E-state index contributed by atoms with van der Waals surface area (Å²) in [5.74, 6) is 4.73. The number of aromatic nitrogens is 2. The van der Waals surface area contributed by atoms with Crippen LogP contribution in [0.3, 0.4) is 0 Å². The zero-order chi connectivity index (χ0) is 21.0. The van der Waals surface area contributed by atoms with Gasteiger partial charge < -0.3 is 0 Å². The van der Waals surface area contributed by atoms with Crippen LogP contribution in [0, 0.1) is 0 Å². The zero-order valence-corrected chi connectivity index (χ0v) is 17.7. The Morgan fingerprint density at radius 1 is 1.34 bits per heavy atom. The first-order valence-electron chi connectivity index (χ1n) is 9.36. The van der Waals surface area contributed by atoms with Crippen molar-refractivity contribution in [2.24, 2.45) is 5.84 Å². The third kappa shape index (κ3) is 4.58. The van der Waals surface area contributed by atoms with Gasteiger partial charge in [0, 0.05) is 9.90 Å². The van der Waals surface area contributed by atoms with Gasteiger partial charge in [0.25, 0.3) is 11.5 Å². The molecule has 1 aromatic carbocycles. The smallest absolute Gasteiger partial charge is 0.263 e. The Morgan fingerprint density at radius 2 is 2.03 bits per heavy atom. The number of fused-ring (bicyclic) bond motifs is 3. The summed E-state index contributed by atoms with van der Waals surface area (Å²) in [6.07, 6.45) is 7.44. The molecule has 1 aliphatic rings. The normalized spacial score (nSPS) is 13.8. The Morgan fingerprint density at radius 3 is 2.69 bits per heavy atom. The molecule has 2 heterocycles. The molecule has 0 spiro atoms. The van der Waals surface area contributed by atoms with Crippen LogP contribution in [-0.2, 0) is 17.6 Å². The maximum Gasteiger partial charge on any atom is 0.263 e. The SMILES string of the molecule is C=Cc1ccc(Cl)cc1.CC(C(=O)NN)n1cnc2sc3c(c2c1=O)CCCC3. The van der Waals surface area contributed by atoms with E-state index in [4.69, 9.17) is 17.4 Å². The molecule has 0 saturated carbocycles. The van der Waals surface area contributed by atoms with Crippen LogP contribution in [0.5, 0.6) is 0 Å². The van der Waals surface area contributed by atoms with Crippen LogP contribution in [0.4, 0.5) is 0 Å². The van der Waals surface area contributed by atoms with E-state index in [0.29, 0.717) is 5.39 Å². The van der Waals surface area contributed by atoms with E-state index in [1.165, 1.54) is 22.2 Å². The number of hydrogen-bond acceptors (Lipinski definition) is 5. The number of halogens is 1. The minimum atomic E-state index is -0.663. The van der Waals surface area contributed by atoms with Gasteiger partial charge in [0.2, 0.25) is 0 Å². The second-order valence-electron chi connectivity index (χ2n) is 6.79. The van der Waals surface area contributed by atoms with Crippen molar-refractivity contribution in [1.29, 1.82) is 0 Å². The van der Waals surface area contributed by atoms with Crippen molar-refractivity contribution in [3.63, 3.8) is 0 Å². The van der Waals surface area contributed by atoms with Gasteiger partial charge in [-0.15, -0.1) is 11.3 Å². The predicted octanol–water partition coefficient (Wildman–Crippen LogP) is 3.87. The highest BCUT2D eigenvalue weighted by atomic mass is 35.5. The van der Waals surface area contributed by atoms with E-state index in [2.05, 4.69) is 17.0 Å². The number of nitrogens with zero attached hydrogens (tertiary/aromatic N) is 2. The van der Waals surface area contributed by atoms with Crippen molar-refractivity contribution in [1.82, 2.24) is 15.0 Å². The van der Waals surface area contributed by atoms with Crippen LogP contribution < -0.4 is 16.8 Å². The Labute approximate surface area is 178 Å². The zero-order valence-electron chi connectivity index (χ0n) is 16.2. The molecule has 0 radical (unpaired) electrons. The van der Waals surface area contributed by atoms with Crippen molar-refractivity contribution in [3.05, 3.63) is 68.6 Å². The molecule has 29 heavy (non-hydrogen) atoms. The maximum atomic E-state index is 12.6. The molecular formula is C21H23ClN4O2S. The minimum Gasteiger partial charge on any atom is -0.292 e. The molecule has 8 heteroatoms. The van der Waals surface area contributed by atoms with Gasteiger partial charge in [0.1, 0.15) is 10.9 Å². The van der Waals surface area contributed by atoms with Gasteiger partial charge in [-0.25, -0.2) is 10.8 Å². The summed E-state index contributed by atoms with van der Waals surface area (Å²) < 4.78 is 1.35. The second kappa shape index (κ2) is 9.35. The van der Waals surface area contributed by atoms with E-state index >= 15 is 0 Å². The lowest BCUT2D eigenvalue weighted by molar-refractivity contribution is -0.124. The molecule has 2 aromatic heterocycles. The number of thiophene rings is 1. The fraction of sp³-hybridized carbons (Fsp3) is 0.286. The van der Waals surface area contributed by atoms with Gasteiger partial charge >= 0.3 is 0 Å². The first kappa shape index (κ1) is 21.2. The van der Waals surface area contributed by atoms with Crippen molar-refractivity contribution in [2.75, 3.05) is 0 Å². The number of carbonyl (C=O) groups is 1. The highest BCUT2D eigenvalue weighted by Crippen LogP contribution is 2.33. The number of amides is 1. The largest absolute Gasteiger partial charge is 0.292 e. The average Bonchev–Trinajstić information content (AvgIpc) is 3.13. The van der Waals surface area contributed by atoms with E-state index in [1.54, 1.807) is 24.3 Å². The third-order valence-electron chi connectivity index (χ3n) is 4.95. The van der Waals surface area contributed by atoms with Crippen molar-refractivity contribution in [2.45, 2.75) is 38.6 Å². The van der Waals surface area contributed by atoms with Gasteiger partial charge in [0.15, 0.2) is 0 Å². The summed E-state index contributed by atoms with van der Waals surface area (Å²) in [5, 5.41) is 1.45. The van der Waals surface area contributed by atoms with Crippen LogP contribution >= 0.6 is 22.9 Å². The summed E-state index contributed by atoms with van der Waals surface area (Å²) >= 11 is 7.23. The molecule has 6 nitrogen and oxygen atoms in total. The monoisotopic (exact) mass is 430 g/mol. The fourth-order valence-electron chi connectivity index (χ4n) is 3.28. The van der Waals surface area contributed by atoms with Gasteiger partial charge in [-0.3, -0.25) is 19.6 Å². The molecule has 0 bridgehead atoms. The molecule has 3 N–H and O–H groups in total. The molecule has 1 aliphatic carbocycles. The molecule has 1 unspecified atom stereocenters. The maximum absolute atomic E-state index is 12.6. The summed E-state index contributed by atoms with van der Waals surface area (Å²) in [7, 11) is 0. The summed E-state index contributed by atoms with van der Waals surface area (Å²) in [6.45, 7) is 5.25. The summed E-state index contributed by atoms with van der Waals surface area (Å²) in [5.41, 5.74) is 4.15. The van der Waals surface area contributed by atoms with Crippen molar-refractivity contribution >= 4 is 45.1 Å². The van der Waals surface area contributed by atoms with Crippen LogP contribution in [-0.4, -0.2) is 15.5 Å². The lowest BCUT2D eigenvalue weighted by atomic mass is 9.97.